The van der Waals surface area contributed by atoms with Crippen LogP contribution < -0.4 is 5.32 Å². The largest absolute Gasteiger partial charge is 0.323 e. The van der Waals surface area contributed by atoms with Gasteiger partial charge in [-0.1, -0.05) is 42.5 Å². The highest BCUT2D eigenvalue weighted by atomic mass is 15.2. The van der Waals surface area contributed by atoms with E-state index in [0.717, 1.165) is 46.9 Å². The van der Waals surface area contributed by atoms with Gasteiger partial charge in [0.05, 0.1) is 10.9 Å². The van der Waals surface area contributed by atoms with Gasteiger partial charge in [-0.25, -0.2) is 9.97 Å². The van der Waals surface area contributed by atoms with Gasteiger partial charge in [0.2, 0.25) is 0 Å². The molecule has 4 aromatic rings. The van der Waals surface area contributed by atoms with E-state index in [-0.39, 0.29) is 5.41 Å². The lowest BCUT2D eigenvalue weighted by Crippen LogP contribution is -2.14. The highest BCUT2D eigenvalue weighted by Crippen LogP contribution is 2.52. The molecule has 0 saturated heterocycles. The molecule has 128 valence electrons. The van der Waals surface area contributed by atoms with Crippen molar-refractivity contribution in [2.75, 3.05) is 5.32 Å². The summed E-state index contributed by atoms with van der Waals surface area (Å²) in [7, 11) is 0. The summed E-state index contributed by atoms with van der Waals surface area (Å²) in [6.45, 7) is 1.98. The van der Waals surface area contributed by atoms with Gasteiger partial charge in [-0.3, -0.25) is 5.10 Å². The van der Waals surface area contributed by atoms with Crippen LogP contribution in [0.15, 0.2) is 60.7 Å². The van der Waals surface area contributed by atoms with Crippen molar-refractivity contribution in [1.82, 2.24) is 20.2 Å². The molecule has 0 unspecified atom stereocenters. The smallest absolute Gasteiger partial charge is 0.153 e. The van der Waals surface area contributed by atoms with Crippen molar-refractivity contribution in [1.29, 1.82) is 0 Å². The second-order valence-corrected chi connectivity index (χ2v) is 6.92. The Morgan fingerprint density at radius 2 is 1.73 bits per heavy atom. The number of nitrogens with zero attached hydrogens (tertiary/aromatic N) is 3. The number of aryl methyl sites for hydroxylation is 1. The summed E-state index contributed by atoms with van der Waals surface area (Å²) in [6.07, 6.45) is 2.16. The number of aromatic amines is 1. The van der Waals surface area contributed by atoms with Gasteiger partial charge in [-0.15, -0.1) is 0 Å². The molecule has 1 fully saturated rings. The molecule has 5 heteroatoms. The molecule has 2 aromatic heterocycles. The first kappa shape index (κ1) is 15.1. The Balaban J connectivity index is 1.65. The third-order valence-electron chi connectivity index (χ3n) is 5.06. The molecule has 2 heterocycles. The number of anilines is 2. The van der Waals surface area contributed by atoms with Crippen molar-refractivity contribution in [3.05, 3.63) is 77.7 Å². The van der Waals surface area contributed by atoms with Gasteiger partial charge in [0.25, 0.3) is 0 Å². The van der Waals surface area contributed by atoms with Gasteiger partial charge in [0.1, 0.15) is 11.6 Å². The predicted octanol–water partition coefficient (Wildman–Crippen LogP) is 4.48. The van der Waals surface area contributed by atoms with Crippen LogP contribution in [0.1, 0.15) is 29.9 Å². The molecule has 1 aliphatic rings. The van der Waals surface area contributed by atoms with Crippen molar-refractivity contribution < 1.29 is 0 Å². The second kappa shape index (κ2) is 5.66. The summed E-state index contributed by atoms with van der Waals surface area (Å²) < 4.78 is 0. The third-order valence-corrected chi connectivity index (χ3v) is 5.06. The zero-order chi connectivity index (χ0) is 17.6. The summed E-state index contributed by atoms with van der Waals surface area (Å²) in [6, 6.07) is 20.7. The fourth-order valence-electron chi connectivity index (χ4n) is 3.51. The standard InChI is InChI=1S/C21H19N5/c1-14-13-18(26-25-14)23-19-16-9-5-6-10-17(16)22-20(24-19)21(11-12-21)15-7-3-2-4-8-15/h2-10,13H,11-12H2,1H3,(H2,22,23,24,25,26). The van der Waals surface area contributed by atoms with Crippen LogP contribution in [-0.2, 0) is 5.41 Å². The first-order valence-corrected chi connectivity index (χ1v) is 8.86. The van der Waals surface area contributed by atoms with Crippen LogP contribution in [-0.4, -0.2) is 20.2 Å². The Labute approximate surface area is 151 Å². The summed E-state index contributed by atoms with van der Waals surface area (Å²) in [5.74, 6) is 2.46. The first-order chi connectivity index (χ1) is 12.7. The molecule has 0 spiro atoms. The van der Waals surface area contributed by atoms with E-state index in [4.69, 9.17) is 9.97 Å². The monoisotopic (exact) mass is 341 g/mol. The average Bonchev–Trinajstić information content (AvgIpc) is 3.40. The minimum absolute atomic E-state index is 0.0663. The van der Waals surface area contributed by atoms with E-state index in [1.54, 1.807) is 0 Å². The molecular formula is C21H19N5. The number of aromatic nitrogens is 4. The summed E-state index contributed by atoms with van der Waals surface area (Å²) in [4.78, 5) is 9.85. The molecule has 0 bridgehead atoms. The molecule has 5 nitrogen and oxygen atoms in total. The Morgan fingerprint density at radius 1 is 0.962 bits per heavy atom. The van der Waals surface area contributed by atoms with E-state index in [2.05, 4.69) is 39.8 Å². The van der Waals surface area contributed by atoms with E-state index in [9.17, 15) is 0 Å². The Kier molecular flexibility index (Phi) is 3.28. The van der Waals surface area contributed by atoms with Crippen LogP contribution in [0.5, 0.6) is 0 Å². The van der Waals surface area contributed by atoms with Gasteiger partial charge < -0.3 is 5.32 Å². The van der Waals surface area contributed by atoms with Crippen LogP contribution in [0.25, 0.3) is 10.9 Å². The van der Waals surface area contributed by atoms with Gasteiger partial charge in [-0.2, -0.15) is 5.10 Å². The van der Waals surface area contributed by atoms with E-state index < -0.39 is 0 Å². The van der Waals surface area contributed by atoms with Gasteiger partial charge in [0, 0.05) is 17.1 Å². The lowest BCUT2D eigenvalue weighted by molar-refractivity contribution is 0.765. The summed E-state index contributed by atoms with van der Waals surface area (Å²) in [5, 5.41) is 11.6. The second-order valence-electron chi connectivity index (χ2n) is 6.92. The van der Waals surface area contributed by atoms with E-state index in [1.165, 1.54) is 5.56 Å². The Hall–Kier alpha value is -3.21. The third kappa shape index (κ3) is 2.44. The minimum atomic E-state index is -0.0663. The fraction of sp³-hybridized carbons (Fsp3) is 0.190. The summed E-state index contributed by atoms with van der Waals surface area (Å²) in [5.41, 5.74) is 3.18. The van der Waals surface area contributed by atoms with Crippen LogP contribution >= 0.6 is 0 Å². The average molecular weight is 341 g/mol. The van der Waals surface area contributed by atoms with Crippen molar-refractivity contribution in [2.45, 2.75) is 25.2 Å². The van der Waals surface area contributed by atoms with Crippen LogP contribution in [0, 0.1) is 6.92 Å². The van der Waals surface area contributed by atoms with Gasteiger partial charge in [-0.05, 0) is 37.5 Å². The molecule has 2 N–H and O–H groups in total. The predicted molar refractivity (Wildman–Crippen MR) is 103 cm³/mol. The normalized spacial score (nSPS) is 15.1. The van der Waals surface area contributed by atoms with Gasteiger partial charge in [0.15, 0.2) is 5.82 Å². The molecule has 1 saturated carbocycles. The lowest BCUT2D eigenvalue weighted by Gasteiger charge is -2.17. The molecule has 0 atom stereocenters. The van der Waals surface area contributed by atoms with E-state index in [0.29, 0.717) is 0 Å². The number of H-pyrrole nitrogens is 1. The first-order valence-electron chi connectivity index (χ1n) is 8.86. The number of benzene rings is 2. The highest BCUT2D eigenvalue weighted by molar-refractivity contribution is 5.90. The number of rotatable bonds is 4. The minimum Gasteiger partial charge on any atom is -0.323 e. The number of hydrogen-bond acceptors (Lipinski definition) is 4. The highest BCUT2D eigenvalue weighted by Gasteiger charge is 2.48. The number of hydrogen-bond donors (Lipinski definition) is 2. The zero-order valence-electron chi connectivity index (χ0n) is 14.5. The molecule has 0 radical (unpaired) electrons. The van der Waals surface area contributed by atoms with E-state index in [1.807, 2.05) is 43.3 Å². The van der Waals surface area contributed by atoms with Crippen molar-refractivity contribution >= 4 is 22.5 Å². The van der Waals surface area contributed by atoms with Crippen LogP contribution in [0.4, 0.5) is 11.6 Å². The van der Waals surface area contributed by atoms with Gasteiger partial charge >= 0.3 is 0 Å². The molecule has 1 aliphatic carbocycles. The van der Waals surface area contributed by atoms with Crippen molar-refractivity contribution in [2.24, 2.45) is 0 Å². The Bertz CT molecular complexity index is 1080. The van der Waals surface area contributed by atoms with Crippen molar-refractivity contribution in [3.8, 4) is 0 Å². The molecular weight excluding hydrogens is 322 g/mol. The molecule has 2 aromatic carbocycles. The topological polar surface area (TPSA) is 66.5 Å². The molecule has 5 rings (SSSR count). The summed E-state index contributed by atoms with van der Waals surface area (Å²) >= 11 is 0. The SMILES string of the molecule is Cc1cc(Nc2nc(C3(c4ccccc4)CC3)nc3ccccc23)n[nH]1. The van der Waals surface area contributed by atoms with Crippen LogP contribution in [0.3, 0.4) is 0 Å². The number of nitrogens with one attached hydrogen (secondary N) is 2. The van der Waals surface area contributed by atoms with E-state index >= 15 is 0 Å². The maximum Gasteiger partial charge on any atom is 0.153 e. The maximum atomic E-state index is 4.94. The maximum absolute atomic E-state index is 4.94. The fourth-order valence-corrected chi connectivity index (χ4v) is 3.51. The quantitative estimate of drug-likeness (QED) is 0.574. The van der Waals surface area contributed by atoms with Crippen molar-refractivity contribution in [3.63, 3.8) is 0 Å². The number of fused-ring (bicyclic) bond motifs is 1. The number of para-hydroxylation sites is 1. The Morgan fingerprint density at radius 3 is 2.46 bits per heavy atom. The van der Waals surface area contributed by atoms with Crippen LogP contribution in [0.2, 0.25) is 0 Å². The zero-order valence-corrected chi connectivity index (χ0v) is 14.5. The molecule has 26 heavy (non-hydrogen) atoms. The lowest BCUT2D eigenvalue weighted by atomic mass is 9.95. The molecule has 0 aliphatic heterocycles. The molecule has 0 amide bonds.